The largest absolute Gasteiger partial charge is 0.309 e. The molecule has 0 bridgehead atoms. The standard InChI is InChI=1S/C20H21ClFN3OS2.ClH/c1-24(2)11-4-12-25(18(26)13-27-15-9-7-14(22)8-10-15)20-23-19-16(21)5-3-6-17(19)28-20;/h3,5-10H,4,11-13H2,1-2H3;1H. The summed E-state index contributed by atoms with van der Waals surface area (Å²) in [7, 11) is 4.02. The maximum absolute atomic E-state index is 13.1. The molecule has 0 atom stereocenters. The van der Waals surface area contributed by atoms with Crippen LogP contribution in [0.25, 0.3) is 10.2 Å². The van der Waals surface area contributed by atoms with Gasteiger partial charge in [-0.3, -0.25) is 9.69 Å². The number of nitrogens with zero attached hydrogens (tertiary/aromatic N) is 3. The van der Waals surface area contributed by atoms with Crippen molar-refractivity contribution in [1.29, 1.82) is 0 Å². The molecule has 0 aliphatic heterocycles. The summed E-state index contributed by atoms with van der Waals surface area (Å²) in [6, 6.07) is 11.8. The molecule has 9 heteroatoms. The number of thiazole rings is 1. The fourth-order valence-corrected chi connectivity index (χ4v) is 4.73. The van der Waals surface area contributed by atoms with Gasteiger partial charge in [0.25, 0.3) is 0 Å². The summed E-state index contributed by atoms with van der Waals surface area (Å²) < 4.78 is 14.0. The van der Waals surface area contributed by atoms with Crippen LogP contribution in [0.5, 0.6) is 0 Å². The maximum atomic E-state index is 13.1. The molecule has 0 fully saturated rings. The second-order valence-corrected chi connectivity index (χ2v) is 8.99. The van der Waals surface area contributed by atoms with E-state index in [1.807, 2.05) is 26.2 Å². The SMILES string of the molecule is CN(C)CCCN(C(=O)CSc1ccc(F)cc1)c1nc2c(Cl)cccc2s1.Cl. The van der Waals surface area contributed by atoms with E-state index in [4.69, 9.17) is 11.6 Å². The van der Waals surface area contributed by atoms with Crippen molar-refractivity contribution in [2.45, 2.75) is 11.3 Å². The Morgan fingerprint density at radius 3 is 2.55 bits per heavy atom. The van der Waals surface area contributed by atoms with Crippen LogP contribution in [-0.4, -0.2) is 48.7 Å². The van der Waals surface area contributed by atoms with Gasteiger partial charge in [-0.15, -0.1) is 24.2 Å². The number of halogens is 3. The summed E-state index contributed by atoms with van der Waals surface area (Å²) in [5, 5.41) is 1.24. The zero-order valence-corrected chi connectivity index (χ0v) is 19.3. The van der Waals surface area contributed by atoms with E-state index in [0.29, 0.717) is 16.7 Å². The first kappa shape index (κ1) is 23.9. The predicted octanol–water partition coefficient (Wildman–Crippen LogP) is 5.59. The Kier molecular flexibility index (Phi) is 9.17. The van der Waals surface area contributed by atoms with Crippen LogP contribution in [-0.2, 0) is 4.79 Å². The van der Waals surface area contributed by atoms with Gasteiger partial charge in [-0.25, -0.2) is 9.37 Å². The number of fused-ring (bicyclic) bond motifs is 1. The van der Waals surface area contributed by atoms with E-state index in [0.717, 1.165) is 28.1 Å². The zero-order valence-electron chi connectivity index (χ0n) is 16.1. The minimum absolute atomic E-state index is 0. The van der Waals surface area contributed by atoms with Crippen LogP contribution in [0, 0.1) is 5.82 Å². The van der Waals surface area contributed by atoms with Gasteiger partial charge >= 0.3 is 0 Å². The van der Waals surface area contributed by atoms with E-state index in [1.54, 1.807) is 23.1 Å². The lowest BCUT2D eigenvalue weighted by atomic mass is 10.3. The Morgan fingerprint density at radius 2 is 1.90 bits per heavy atom. The van der Waals surface area contributed by atoms with Crippen LogP contribution in [0.2, 0.25) is 5.02 Å². The second kappa shape index (κ2) is 11.1. The third kappa shape index (κ3) is 6.55. The van der Waals surface area contributed by atoms with Crippen LogP contribution in [0.4, 0.5) is 9.52 Å². The quantitative estimate of drug-likeness (QED) is 0.399. The van der Waals surface area contributed by atoms with Gasteiger partial charge in [0.1, 0.15) is 11.3 Å². The minimum Gasteiger partial charge on any atom is -0.309 e. The predicted molar refractivity (Wildman–Crippen MR) is 125 cm³/mol. The van der Waals surface area contributed by atoms with E-state index in [1.165, 1.54) is 35.2 Å². The van der Waals surface area contributed by atoms with Crippen molar-refractivity contribution in [3.63, 3.8) is 0 Å². The lowest BCUT2D eigenvalue weighted by molar-refractivity contribution is -0.116. The number of hydrogen-bond acceptors (Lipinski definition) is 5. The van der Waals surface area contributed by atoms with Crippen molar-refractivity contribution in [2.75, 3.05) is 37.8 Å². The molecular formula is C20H22Cl2FN3OS2. The van der Waals surface area contributed by atoms with Gasteiger partial charge in [0.2, 0.25) is 5.91 Å². The molecule has 1 amide bonds. The topological polar surface area (TPSA) is 36.4 Å². The highest BCUT2D eigenvalue weighted by Gasteiger charge is 2.20. The van der Waals surface area contributed by atoms with E-state index >= 15 is 0 Å². The lowest BCUT2D eigenvalue weighted by Gasteiger charge is -2.21. The number of aromatic nitrogens is 1. The lowest BCUT2D eigenvalue weighted by Crippen LogP contribution is -2.34. The molecule has 4 nitrogen and oxygen atoms in total. The number of hydrogen-bond donors (Lipinski definition) is 0. The monoisotopic (exact) mass is 473 g/mol. The van der Waals surface area contributed by atoms with Crippen molar-refractivity contribution >= 4 is 68.4 Å². The molecule has 156 valence electrons. The molecule has 2 aromatic carbocycles. The fourth-order valence-electron chi connectivity index (χ4n) is 2.64. The fraction of sp³-hybridized carbons (Fsp3) is 0.300. The molecule has 3 aromatic rings. The minimum atomic E-state index is -0.285. The number of carbonyl (C=O) groups excluding carboxylic acids is 1. The Bertz CT molecular complexity index is 951. The van der Waals surface area contributed by atoms with Gasteiger partial charge in [0, 0.05) is 11.4 Å². The van der Waals surface area contributed by atoms with Crippen molar-refractivity contribution in [2.24, 2.45) is 0 Å². The number of para-hydroxylation sites is 1. The summed E-state index contributed by atoms with van der Waals surface area (Å²) in [6.07, 6.45) is 0.837. The van der Waals surface area contributed by atoms with Crippen molar-refractivity contribution in [3.8, 4) is 0 Å². The number of carbonyl (C=O) groups is 1. The third-order valence-electron chi connectivity index (χ3n) is 4.05. The third-order valence-corrected chi connectivity index (χ3v) is 6.40. The maximum Gasteiger partial charge on any atom is 0.239 e. The Labute approximate surface area is 189 Å². The molecule has 0 saturated carbocycles. The normalized spacial score (nSPS) is 10.9. The van der Waals surface area contributed by atoms with E-state index < -0.39 is 0 Å². The molecular weight excluding hydrogens is 452 g/mol. The van der Waals surface area contributed by atoms with Crippen LogP contribution in [0.1, 0.15) is 6.42 Å². The van der Waals surface area contributed by atoms with Crippen LogP contribution < -0.4 is 4.90 Å². The van der Waals surface area contributed by atoms with Gasteiger partial charge in [-0.1, -0.05) is 29.0 Å². The molecule has 0 spiro atoms. The van der Waals surface area contributed by atoms with Gasteiger partial charge in [0.05, 0.1) is 15.5 Å². The summed E-state index contributed by atoms with van der Waals surface area (Å²) in [5.74, 6) is -0.0485. The number of thioether (sulfide) groups is 1. The molecule has 0 radical (unpaired) electrons. The van der Waals surface area contributed by atoms with Crippen molar-refractivity contribution in [3.05, 3.63) is 53.3 Å². The molecule has 1 aromatic heterocycles. The molecule has 0 N–H and O–H groups in total. The Hall–Kier alpha value is -1.38. The number of benzene rings is 2. The Morgan fingerprint density at radius 1 is 1.17 bits per heavy atom. The van der Waals surface area contributed by atoms with Gasteiger partial charge in [0.15, 0.2) is 5.13 Å². The summed E-state index contributed by atoms with van der Waals surface area (Å²) in [5.41, 5.74) is 0.723. The van der Waals surface area contributed by atoms with Crippen LogP contribution in [0.3, 0.4) is 0 Å². The van der Waals surface area contributed by atoms with Gasteiger partial charge < -0.3 is 4.90 Å². The average molecular weight is 474 g/mol. The first-order valence-corrected chi connectivity index (χ1v) is 11.0. The first-order valence-electron chi connectivity index (χ1n) is 8.82. The molecule has 0 saturated heterocycles. The number of amides is 1. The van der Waals surface area contributed by atoms with E-state index in [2.05, 4.69) is 9.88 Å². The number of rotatable bonds is 8. The zero-order chi connectivity index (χ0) is 20.1. The van der Waals surface area contributed by atoms with Crippen LogP contribution in [0.15, 0.2) is 47.4 Å². The van der Waals surface area contributed by atoms with E-state index in [9.17, 15) is 9.18 Å². The first-order chi connectivity index (χ1) is 13.4. The summed E-state index contributed by atoms with van der Waals surface area (Å²) in [4.78, 5) is 22.3. The van der Waals surface area contributed by atoms with Crippen molar-refractivity contribution < 1.29 is 9.18 Å². The highest BCUT2D eigenvalue weighted by molar-refractivity contribution is 8.00. The molecule has 0 unspecified atom stereocenters. The molecule has 0 aliphatic carbocycles. The summed E-state index contributed by atoms with van der Waals surface area (Å²) >= 11 is 9.11. The highest BCUT2D eigenvalue weighted by atomic mass is 35.5. The van der Waals surface area contributed by atoms with Gasteiger partial charge in [-0.2, -0.15) is 0 Å². The Balaban J connectivity index is 0.00000300. The van der Waals surface area contributed by atoms with Crippen molar-refractivity contribution in [1.82, 2.24) is 9.88 Å². The average Bonchev–Trinajstić information content (AvgIpc) is 3.09. The number of anilines is 1. The van der Waals surface area contributed by atoms with E-state index in [-0.39, 0.29) is 29.9 Å². The smallest absolute Gasteiger partial charge is 0.239 e. The van der Waals surface area contributed by atoms with Crippen LogP contribution >= 0.6 is 47.1 Å². The molecule has 3 rings (SSSR count). The molecule has 1 heterocycles. The summed E-state index contributed by atoms with van der Waals surface area (Å²) in [6.45, 7) is 1.46. The highest BCUT2D eigenvalue weighted by Crippen LogP contribution is 2.33. The second-order valence-electron chi connectivity index (χ2n) is 6.53. The molecule has 0 aliphatic rings. The molecule has 29 heavy (non-hydrogen) atoms. The van der Waals surface area contributed by atoms with Gasteiger partial charge in [-0.05, 0) is 63.5 Å².